The van der Waals surface area contributed by atoms with E-state index in [0.717, 1.165) is 5.69 Å². The molecule has 1 aliphatic rings. The van der Waals surface area contributed by atoms with Crippen molar-refractivity contribution < 1.29 is 9.72 Å². The fraction of sp³-hybridized carbons (Fsp3) is 0.316. The number of amides is 1. The van der Waals surface area contributed by atoms with E-state index < -0.39 is 0 Å². The predicted molar refractivity (Wildman–Crippen MR) is 97.9 cm³/mol. The number of para-hydroxylation sites is 3. The number of carbonyl (C=O) groups is 1. The monoisotopic (exact) mass is 339 g/mol. The highest BCUT2D eigenvalue weighted by molar-refractivity contribution is 5.94. The summed E-state index contributed by atoms with van der Waals surface area (Å²) in [6, 6.07) is 16.4. The van der Waals surface area contributed by atoms with Crippen molar-refractivity contribution in [2.24, 2.45) is 5.92 Å². The van der Waals surface area contributed by atoms with E-state index in [-0.39, 0.29) is 22.4 Å². The number of nitrogens with zero attached hydrogens (tertiary/aromatic N) is 3. The molecule has 25 heavy (non-hydrogen) atoms. The van der Waals surface area contributed by atoms with Crippen LogP contribution in [0.2, 0.25) is 0 Å². The van der Waals surface area contributed by atoms with Crippen molar-refractivity contribution in [1.82, 2.24) is 0 Å². The number of hydrogen-bond acceptors (Lipinski definition) is 4. The molecular formula is C19H21N3O3. The highest BCUT2D eigenvalue weighted by atomic mass is 16.6. The summed E-state index contributed by atoms with van der Waals surface area (Å²) in [5.41, 5.74) is 1.64. The Hall–Kier alpha value is -2.89. The molecule has 0 spiro atoms. The Labute approximate surface area is 146 Å². The fourth-order valence-electron chi connectivity index (χ4n) is 3.31. The molecular weight excluding hydrogens is 318 g/mol. The molecule has 1 saturated heterocycles. The first kappa shape index (κ1) is 17.0. The Morgan fingerprint density at radius 3 is 2.32 bits per heavy atom. The van der Waals surface area contributed by atoms with E-state index in [2.05, 4.69) is 0 Å². The predicted octanol–water partition coefficient (Wildman–Crippen LogP) is 3.47. The second kappa shape index (κ2) is 7.34. The topological polar surface area (TPSA) is 66.7 Å². The molecule has 2 aromatic carbocycles. The Kier molecular flexibility index (Phi) is 4.97. The number of benzene rings is 2. The summed E-state index contributed by atoms with van der Waals surface area (Å²) < 4.78 is 0. The van der Waals surface area contributed by atoms with E-state index in [1.54, 1.807) is 24.1 Å². The molecule has 0 radical (unpaired) electrons. The van der Waals surface area contributed by atoms with Crippen molar-refractivity contribution in [3.63, 3.8) is 0 Å². The number of hydrogen-bond donors (Lipinski definition) is 0. The molecule has 1 heterocycles. The molecule has 0 N–H and O–H groups in total. The summed E-state index contributed by atoms with van der Waals surface area (Å²) >= 11 is 0. The van der Waals surface area contributed by atoms with Crippen molar-refractivity contribution in [3.05, 3.63) is 64.7 Å². The molecule has 0 aliphatic carbocycles. The SMILES string of the molecule is CN(C(=O)C1CCN(c2ccccc2[N+](=O)[O-])CC1)c1ccccc1. The van der Waals surface area contributed by atoms with Gasteiger partial charge in [-0.3, -0.25) is 14.9 Å². The Balaban J connectivity index is 1.66. The third-order valence-corrected chi connectivity index (χ3v) is 4.74. The average Bonchev–Trinajstić information content (AvgIpc) is 2.67. The lowest BCUT2D eigenvalue weighted by Crippen LogP contribution is -2.41. The van der Waals surface area contributed by atoms with Crippen molar-refractivity contribution in [1.29, 1.82) is 0 Å². The quantitative estimate of drug-likeness (QED) is 0.632. The van der Waals surface area contributed by atoms with Crippen LogP contribution in [0.4, 0.5) is 17.1 Å². The molecule has 6 heteroatoms. The number of nitro groups is 1. The largest absolute Gasteiger partial charge is 0.366 e. The van der Waals surface area contributed by atoms with Gasteiger partial charge in [0.2, 0.25) is 5.91 Å². The summed E-state index contributed by atoms with van der Waals surface area (Å²) in [7, 11) is 1.80. The molecule has 0 saturated carbocycles. The molecule has 0 unspecified atom stereocenters. The number of anilines is 2. The van der Waals surface area contributed by atoms with Crippen LogP contribution in [0.3, 0.4) is 0 Å². The first-order valence-corrected chi connectivity index (χ1v) is 8.39. The van der Waals surface area contributed by atoms with Crippen LogP contribution in [0.15, 0.2) is 54.6 Å². The third kappa shape index (κ3) is 3.63. The molecule has 1 amide bonds. The number of carbonyl (C=O) groups excluding carboxylic acids is 1. The lowest BCUT2D eigenvalue weighted by molar-refractivity contribution is -0.384. The van der Waals surface area contributed by atoms with Gasteiger partial charge in [0, 0.05) is 37.8 Å². The first-order valence-electron chi connectivity index (χ1n) is 8.39. The van der Waals surface area contributed by atoms with Gasteiger partial charge in [0.15, 0.2) is 0 Å². The molecule has 2 aromatic rings. The number of nitro benzene ring substituents is 1. The van der Waals surface area contributed by atoms with Gasteiger partial charge in [0.25, 0.3) is 5.69 Å². The van der Waals surface area contributed by atoms with E-state index in [9.17, 15) is 14.9 Å². The van der Waals surface area contributed by atoms with E-state index in [4.69, 9.17) is 0 Å². The van der Waals surface area contributed by atoms with Gasteiger partial charge in [0.05, 0.1) is 4.92 Å². The van der Waals surface area contributed by atoms with Gasteiger partial charge in [-0.1, -0.05) is 30.3 Å². The van der Waals surface area contributed by atoms with Crippen LogP contribution in [0.25, 0.3) is 0 Å². The molecule has 1 aliphatic heterocycles. The minimum atomic E-state index is -0.351. The maximum atomic E-state index is 12.7. The molecule has 3 rings (SSSR count). The van der Waals surface area contributed by atoms with E-state index in [0.29, 0.717) is 31.6 Å². The molecule has 130 valence electrons. The first-order chi connectivity index (χ1) is 12.1. The van der Waals surface area contributed by atoms with E-state index in [1.807, 2.05) is 41.3 Å². The van der Waals surface area contributed by atoms with Crippen LogP contribution in [-0.4, -0.2) is 31.0 Å². The van der Waals surface area contributed by atoms with E-state index in [1.165, 1.54) is 6.07 Å². The van der Waals surface area contributed by atoms with Crippen molar-refractivity contribution >= 4 is 23.0 Å². The summed E-state index contributed by atoms with van der Waals surface area (Å²) in [6.45, 7) is 1.29. The minimum Gasteiger partial charge on any atom is -0.366 e. The maximum absolute atomic E-state index is 12.7. The van der Waals surface area contributed by atoms with Crippen LogP contribution in [0.5, 0.6) is 0 Å². The van der Waals surface area contributed by atoms with Crippen molar-refractivity contribution in [3.8, 4) is 0 Å². The Bertz CT molecular complexity index is 756. The second-order valence-corrected chi connectivity index (χ2v) is 6.24. The second-order valence-electron chi connectivity index (χ2n) is 6.24. The van der Waals surface area contributed by atoms with Gasteiger partial charge in [-0.05, 0) is 31.0 Å². The number of rotatable bonds is 4. The number of piperidine rings is 1. The van der Waals surface area contributed by atoms with Crippen LogP contribution < -0.4 is 9.80 Å². The molecule has 0 aromatic heterocycles. The van der Waals surface area contributed by atoms with Gasteiger partial charge in [0.1, 0.15) is 5.69 Å². The summed E-state index contributed by atoms with van der Waals surface area (Å²) in [4.78, 5) is 27.3. The Morgan fingerprint density at radius 2 is 1.68 bits per heavy atom. The van der Waals surface area contributed by atoms with Gasteiger partial charge in [-0.2, -0.15) is 0 Å². The third-order valence-electron chi connectivity index (χ3n) is 4.74. The fourth-order valence-corrected chi connectivity index (χ4v) is 3.31. The zero-order valence-corrected chi connectivity index (χ0v) is 14.2. The molecule has 0 atom stereocenters. The highest BCUT2D eigenvalue weighted by Gasteiger charge is 2.29. The van der Waals surface area contributed by atoms with Gasteiger partial charge >= 0.3 is 0 Å². The van der Waals surface area contributed by atoms with Crippen LogP contribution in [0, 0.1) is 16.0 Å². The minimum absolute atomic E-state index is 0.0516. The molecule has 0 bridgehead atoms. The molecule has 1 fully saturated rings. The van der Waals surface area contributed by atoms with Crippen LogP contribution in [0.1, 0.15) is 12.8 Å². The standard InChI is InChI=1S/C19H21N3O3/c1-20(16-7-3-2-4-8-16)19(23)15-11-13-21(14-12-15)17-9-5-6-10-18(17)22(24)25/h2-10,15H,11-14H2,1H3. The summed E-state index contributed by atoms with van der Waals surface area (Å²) in [5.74, 6) is 0.0534. The zero-order chi connectivity index (χ0) is 17.8. The Morgan fingerprint density at radius 1 is 1.08 bits per heavy atom. The van der Waals surface area contributed by atoms with E-state index >= 15 is 0 Å². The normalized spacial score (nSPS) is 15.0. The van der Waals surface area contributed by atoms with Gasteiger partial charge in [-0.15, -0.1) is 0 Å². The lowest BCUT2D eigenvalue weighted by atomic mass is 9.94. The average molecular weight is 339 g/mol. The van der Waals surface area contributed by atoms with Crippen molar-refractivity contribution in [2.75, 3.05) is 29.9 Å². The summed E-state index contributed by atoms with van der Waals surface area (Å²) in [6.07, 6.45) is 1.39. The van der Waals surface area contributed by atoms with Crippen LogP contribution in [-0.2, 0) is 4.79 Å². The van der Waals surface area contributed by atoms with Crippen molar-refractivity contribution in [2.45, 2.75) is 12.8 Å². The maximum Gasteiger partial charge on any atom is 0.292 e. The highest BCUT2D eigenvalue weighted by Crippen LogP contribution is 2.31. The molecule has 6 nitrogen and oxygen atoms in total. The van der Waals surface area contributed by atoms with Gasteiger partial charge < -0.3 is 9.80 Å². The zero-order valence-electron chi connectivity index (χ0n) is 14.2. The summed E-state index contributed by atoms with van der Waals surface area (Å²) in [5, 5.41) is 11.2. The lowest BCUT2D eigenvalue weighted by Gasteiger charge is -2.34. The smallest absolute Gasteiger partial charge is 0.292 e. The van der Waals surface area contributed by atoms with Crippen LogP contribution >= 0.6 is 0 Å². The van der Waals surface area contributed by atoms with Gasteiger partial charge in [-0.25, -0.2) is 0 Å².